The Morgan fingerprint density at radius 2 is 1.65 bits per heavy atom. The van der Waals surface area contributed by atoms with Crippen LogP contribution in [0, 0.1) is 17.7 Å². The highest BCUT2D eigenvalue weighted by Crippen LogP contribution is 2.39. The van der Waals surface area contributed by atoms with Crippen LogP contribution in [0.4, 0.5) is 0 Å². The van der Waals surface area contributed by atoms with Crippen LogP contribution < -0.4 is 5.32 Å². The molecule has 0 amide bonds. The normalized spacial score (nSPS) is 28.3. The minimum Gasteiger partial charge on any atom is -0.364 e. The lowest BCUT2D eigenvalue weighted by molar-refractivity contribution is 0.386. The summed E-state index contributed by atoms with van der Waals surface area (Å²) in [6.45, 7) is 2.10. The third kappa shape index (κ3) is 3.39. The number of benzene rings is 1. The molecule has 1 aliphatic carbocycles. The molecule has 1 aromatic carbocycles. The van der Waals surface area contributed by atoms with Gasteiger partial charge in [-0.05, 0) is 55.9 Å². The van der Waals surface area contributed by atoms with Gasteiger partial charge in [-0.2, -0.15) is 4.91 Å². The van der Waals surface area contributed by atoms with Crippen molar-refractivity contribution >= 4 is 5.84 Å². The Bertz CT molecular complexity index is 779. The van der Waals surface area contributed by atoms with E-state index in [1.165, 1.54) is 16.7 Å². The van der Waals surface area contributed by atoms with Crippen molar-refractivity contribution in [2.24, 2.45) is 16.1 Å². The number of amidine groups is 1. The molecule has 2 aliphatic rings. The van der Waals surface area contributed by atoms with Crippen LogP contribution in [0.15, 0.2) is 59.0 Å². The molecule has 0 saturated heterocycles. The van der Waals surface area contributed by atoms with E-state index in [2.05, 4.69) is 58.8 Å². The van der Waals surface area contributed by atoms with E-state index in [4.69, 9.17) is 4.99 Å². The van der Waals surface area contributed by atoms with E-state index in [0.29, 0.717) is 5.92 Å². The van der Waals surface area contributed by atoms with E-state index < -0.39 is 0 Å². The molecule has 2 unspecified atom stereocenters. The van der Waals surface area contributed by atoms with Crippen LogP contribution in [-0.2, 0) is 0 Å². The smallest absolute Gasteiger partial charge is 0.101 e. The first kappa shape index (κ1) is 16.9. The van der Waals surface area contributed by atoms with E-state index in [0.717, 1.165) is 31.5 Å². The standard InChI is InChI=1S/C21H24N4O/c1-14-2-4-15(5-3-14)19-20(16-10-12-22-13-11-16)24-21(23-19)17-6-8-18(25-26)9-7-17/h2-5,10-13,17-20H,6-9H2,1H3,(H,23,24). The lowest BCUT2D eigenvalue weighted by Crippen LogP contribution is -2.32. The first-order valence-corrected chi connectivity index (χ1v) is 9.38. The monoisotopic (exact) mass is 348 g/mol. The fourth-order valence-corrected chi connectivity index (χ4v) is 4.04. The van der Waals surface area contributed by atoms with Gasteiger partial charge in [-0.25, -0.2) is 0 Å². The van der Waals surface area contributed by atoms with Crippen molar-refractivity contribution in [1.29, 1.82) is 0 Å². The number of aromatic nitrogens is 1. The van der Waals surface area contributed by atoms with Crippen molar-refractivity contribution in [2.45, 2.75) is 50.7 Å². The predicted octanol–water partition coefficient (Wildman–Crippen LogP) is 4.50. The lowest BCUT2D eigenvalue weighted by Gasteiger charge is -2.25. The third-order valence-electron chi connectivity index (χ3n) is 5.61. The van der Waals surface area contributed by atoms with Crippen molar-refractivity contribution in [1.82, 2.24) is 10.3 Å². The summed E-state index contributed by atoms with van der Waals surface area (Å²) < 4.78 is 0. The van der Waals surface area contributed by atoms with E-state index in [1.807, 2.05) is 12.4 Å². The average Bonchev–Trinajstić information content (AvgIpc) is 3.15. The molecule has 134 valence electrons. The Labute approximate surface area is 153 Å². The number of aliphatic imine (C=N–C) groups is 1. The molecule has 26 heavy (non-hydrogen) atoms. The summed E-state index contributed by atoms with van der Waals surface area (Å²) in [5.41, 5.74) is 3.68. The van der Waals surface area contributed by atoms with Gasteiger partial charge in [0.25, 0.3) is 0 Å². The molecule has 1 aliphatic heterocycles. The van der Waals surface area contributed by atoms with Gasteiger partial charge in [-0.15, -0.1) is 0 Å². The van der Waals surface area contributed by atoms with Crippen LogP contribution >= 0.6 is 0 Å². The fourth-order valence-electron chi connectivity index (χ4n) is 4.04. The van der Waals surface area contributed by atoms with E-state index in [9.17, 15) is 4.91 Å². The minimum atomic E-state index is -0.0165. The zero-order chi connectivity index (χ0) is 17.9. The Morgan fingerprint density at radius 3 is 2.31 bits per heavy atom. The molecule has 1 fully saturated rings. The van der Waals surface area contributed by atoms with Crippen LogP contribution in [0.25, 0.3) is 0 Å². The van der Waals surface area contributed by atoms with E-state index >= 15 is 0 Å². The van der Waals surface area contributed by atoms with Crippen molar-refractivity contribution in [2.75, 3.05) is 0 Å². The number of nitroso groups, excluding NO2 is 1. The van der Waals surface area contributed by atoms with Crippen molar-refractivity contribution < 1.29 is 0 Å². The van der Waals surface area contributed by atoms with Crippen LogP contribution in [0.5, 0.6) is 0 Å². The quantitative estimate of drug-likeness (QED) is 0.827. The number of hydrogen-bond donors (Lipinski definition) is 1. The molecule has 5 nitrogen and oxygen atoms in total. The average molecular weight is 348 g/mol. The summed E-state index contributed by atoms with van der Waals surface area (Å²) in [5, 5.41) is 6.91. The minimum absolute atomic E-state index is 0.0165. The summed E-state index contributed by atoms with van der Waals surface area (Å²) in [4.78, 5) is 20.0. The van der Waals surface area contributed by atoms with Crippen molar-refractivity contribution in [3.05, 3.63) is 70.4 Å². The number of hydrogen-bond acceptors (Lipinski definition) is 5. The maximum atomic E-state index is 10.8. The van der Waals surface area contributed by atoms with Crippen LogP contribution in [0.3, 0.4) is 0 Å². The Morgan fingerprint density at radius 1 is 0.962 bits per heavy atom. The zero-order valence-electron chi connectivity index (χ0n) is 15.0. The summed E-state index contributed by atoms with van der Waals surface area (Å²) in [7, 11) is 0. The van der Waals surface area contributed by atoms with Gasteiger partial charge < -0.3 is 5.32 Å². The highest BCUT2D eigenvalue weighted by atomic mass is 16.3. The number of aryl methyl sites for hydroxylation is 1. The predicted molar refractivity (Wildman–Crippen MR) is 103 cm³/mol. The molecule has 1 aromatic heterocycles. The second-order valence-electron chi connectivity index (χ2n) is 7.38. The number of nitrogens with one attached hydrogen (secondary N) is 1. The molecule has 4 rings (SSSR count). The Balaban J connectivity index is 1.61. The van der Waals surface area contributed by atoms with Gasteiger partial charge in [0.1, 0.15) is 11.9 Å². The van der Waals surface area contributed by atoms with Gasteiger partial charge in [-0.3, -0.25) is 9.98 Å². The molecular weight excluding hydrogens is 324 g/mol. The summed E-state index contributed by atoms with van der Waals surface area (Å²) >= 11 is 0. The SMILES string of the molecule is Cc1ccc(C2N=C(C3CCC(N=O)CC3)NC2c2ccncc2)cc1. The van der Waals surface area contributed by atoms with E-state index in [-0.39, 0.29) is 18.1 Å². The van der Waals surface area contributed by atoms with Gasteiger partial charge in [0.15, 0.2) is 0 Å². The maximum Gasteiger partial charge on any atom is 0.101 e. The second kappa shape index (κ2) is 7.36. The molecule has 2 atom stereocenters. The number of rotatable bonds is 4. The van der Waals surface area contributed by atoms with Gasteiger partial charge in [-0.1, -0.05) is 35.0 Å². The first-order chi connectivity index (χ1) is 12.7. The number of nitrogens with zero attached hydrogens (tertiary/aromatic N) is 3. The van der Waals surface area contributed by atoms with E-state index in [1.54, 1.807) is 0 Å². The topological polar surface area (TPSA) is 66.7 Å². The third-order valence-corrected chi connectivity index (χ3v) is 5.61. The molecule has 1 N–H and O–H groups in total. The largest absolute Gasteiger partial charge is 0.364 e. The van der Waals surface area contributed by atoms with Crippen LogP contribution in [0.2, 0.25) is 0 Å². The Hall–Kier alpha value is -2.56. The van der Waals surface area contributed by atoms with Gasteiger partial charge in [0.2, 0.25) is 0 Å². The van der Waals surface area contributed by atoms with Crippen LogP contribution in [0.1, 0.15) is 54.5 Å². The highest BCUT2D eigenvalue weighted by Gasteiger charge is 2.35. The molecule has 2 heterocycles. The fraction of sp³-hybridized carbons (Fsp3) is 0.429. The maximum absolute atomic E-state index is 10.8. The zero-order valence-corrected chi connectivity index (χ0v) is 15.0. The van der Waals surface area contributed by atoms with Crippen LogP contribution in [-0.4, -0.2) is 16.9 Å². The van der Waals surface area contributed by atoms with Crippen molar-refractivity contribution in [3.8, 4) is 0 Å². The molecule has 0 spiro atoms. The molecule has 0 radical (unpaired) electrons. The van der Waals surface area contributed by atoms with Gasteiger partial charge in [0.05, 0.1) is 12.1 Å². The summed E-state index contributed by atoms with van der Waals surface area (Å²) in [5.74, 6) is 1.48. The lowest BCUT2D eigenvalue weighted by atomic mass is 9.85. The molecule has 0 bridgehead atoms. The van der Waals surface area contributed by atoms with Gasteiger partial charge >= 0.3 is 0 Å². The van der Waals surface area contributed by atoms with Gasteiger partial charge in [0, 0.05) is 18.3 Å². The molecule has 1 saturated carbocycles. The molecule has 5 heteroatoms. The summed E-state index contributed by atoms with van der Waals surface area (Å²) in [6.07, 6.45) is 7.36. The molecule has 2 aromatic rings. The summed E-state index contributed by atoms with van der Waals surface area (Å²) in [6, 6.07) is 12.9. The first-order valence-electron chi connectivity index (χ1n) is 9.38. The second-order valence-corrected chi connectivity index (χ2v) is 7.38. The molecular formula is C21H24N4O. The Kier molecular flexibility index (Phi) is 4.78. The van der Waals surface area contributed by atoms with Crippen molar-refractivity contribution in [3.63, 3.8) is 0 Å². The number of pyridine rings is 1. The highest BCUT2D eigenvalue weighted by molar-refractivity contribution is 5.87.